The first-order chi connectivity index (χ1) is 8.86. The van der Waals surface area contributed by atoms with Gasteiger partial charge >= 0.3 is 0 Å². The third-order valence-corrected chi connectivity index (χ3v) is 4.17. The number of ether oxygens (including phenoxy) is 1. The molecule has 0 radical (unpaired) electrons. The third-order valence-electron chi connectivity index (χ3n) is 4.17. The third kappa shape index (κ3) is 2.74. The molecule has 0 spiro atoms. The van der Waals surface area contributed by atoms with Gasteiger partial charge in [0.1, 0.15) is 0 Å². The lowest BCUT2D eigenvalue weighted by molar-refractivity contribution is 0.0937. The van der Waals surface area contributed by atoms with Crippen molar-refractivity contribution < 1.29 is 4.74 Å². The maximum atomic E-state index is 5.80. The van der Waals surface area contributed by atoms with Gasteiger partial charge in [-0.05, 0) is 24.8 Å². The fourth-order valence-electron chi connectivity index (χ4n) is 3.12. The number of benzene rings is 1. The van der Waals surface area contributed by atoms with E-state index in [1.165, 1.54) is 18.4 Å². The van der Waals surface area contributed by atoms with Gasteiger partial charge in [0.15, 0.2) is 0 Å². The first-order valence-electron chi connectivity index (χ1n) is 6.96. The summed E-state index contributed by atoms with van der Waals surface area (Å²) in [6, 6.07) is 11.1. The van der Waals surface area contributed by atoms with Crippen molar-refractivity contribution in [3.8, 4) is 0 Å². The highest BCUT2D eigenvalue weighted by atomic mass is 16.5. The molecule has 1 aromatic rings. The lowest BCUT2D eigenvalue weighted by Crippen LogP contribution is -2.58. The Hall–Kier alpha value is -0.900. The van der Waals surface area contributed by atoms with Gasteiger partial charge in [-0.3, -0.25) is 0 Å². The van der Waals surface area contributed by atoms with Crippen LogP contribution in [0.15, 0.2) is 30.3 Å². The van der Waals surface area contributed by atoms with E-state index in [2.05, 4.69) is 34.9 Å². The summed E-state index contributed by atoms with van der Waals surface area (Å²) in [7, 11) is 0. The summed E-state index contributed by atoms with van der Waals surface area (Å²) in [5, 5.41) is 7.29. The zero-order valence-electron chi connectivity index (χ0n) is 10.8. The molecule has 0 aliphatic carbocycles. The Balaban J connectivity index is 1.42. The number of hydrogen-bond acceptors (Lipinski definition) is 3. The van der Waals surface area contributed by atoms with Crippen molar-refractivity contribution in [2.45, 2.75) is 37.5 Å². The SMILES string of the molecule is c1ccc(COCCC23CCC(CNC2)N3)cc1. The second kappa shape index (κ2) is 5.39. The summed E-state index contributed by atoms with van der Waals surface area (Å²) in [6.45, 7) is 3.80. The number of piperazine rings is 1. The molecule has 18 heavy (non-hydrogen) atoms. The van der Waals surface area contributed by atoms with Crippen LogP contribution in [-0.4, -0.2) is 31.3 Å². The van der Waals surface area contributed by atoms with Crippen LogP contribution in [0, 0.1) is 0 Å². The minimum absolute atomic E-state index is 0.305. The largest absolute Gasteiger partial charge is 0.377 e. The average Bonchev–Trinajstić information content (AvgIpc) is 2.72. The molecule has 3 rings (SSSR count). The number of fused-ring (bicyclic) bond motifs is 2. The molecule has 1 aromatic carbocycles. The van der Waals surface area contributed by atoms with Crippen LogP contribution < -0.4 is 10.6 Å². The first kappa shape index (κ1) is 12.2. The van der Waals surface area contributed by atoms with Crippen LogP contribution in [0.4, 0.5) is 0 Å². The van der Waals surface area contributed by atoms with Gasteiger partial charge in [0, 0.05) is 31.3 Å². The molecule has 2 fully saturated rings. The average molecular weight is 246 g/mol. The molecule has 2 heterocycles. The summed E-state index contributed by atoms with van der Waals surface area (Å²) in [4.78, 5) is 0. The molecule has 98 valence electrons. The summed E-state index contributed by atoms with van der Waals surface area (Å²) >= 11 is 0. The van der Waals surface area contributed by atoms with Crippen molar-refractivity contribution in [3.63, 3.8) is 0 Å². The zero-order chi connectivity index (χ0) is 12.3. The number of nitrogens with one attached hydrogen (secondary N) is 2. The Morgan fingerprint density at radius 1 is 1.28 bits per heavy atom. The van der Waals surface area contributed by atoms with Crippen LogP contribution in [0.2, 0.25) is 0 Å². The van der Waals surface area contributed by atoms with Crippen molar-refractivity contribution >= 4 is 0 Å². The Bertz CT molecular complexity index is 377. The molecule has 0 aromatic heterocycles. The van der Waals surface area contributed by atoms with Gasteiger partial charge in [-0.25, -0.2) is 0 Å². The minimum Gasteiger partial charge on any atom is -0.377 e. The van der Waals surface area contributed by atoms with E-state index in [4.69, 9.17) is 4.74 Å². The topological polar surface area (TPSA) is 33.3 Å². The maximum absolute atomic E-state index is 5.80. The van der Waals surface area contributed by atoms with Crippen molar-refractivity contribution in [3.05, 3.63) is 35.9 Å². The highest BCUT2D eigenvalue weighted by Gasteiger charge is 2.40. The van der Waals surface area contributed by atoms with Gasteiger partial charge < -0.3 is 15.4 Å². The molecular weight excluding hydrogens is 224 g/mol. The molecular formula is C15H22N2O. The second-order valence-electron chi connectivity index (χ2n) is 5.58. The summed E-state index contributed by atoms with van der Waals surface area (Å²) in [5.74, 6) is 0. The van der Waals surface area contributed by atoms with Crippen LogP contribution in [0.3, 0.4) is 0 Å². The van der Waals surface area contributed by atoms with E-state index in [1.807, 2.05) is 6.07 Å². The predicted octanol–water partition coefficient (Wildman–Crippen LogP) is 1.69. The summed E-state index contributed by atoms with van der Waals surface area (Å²) < 4.78 is 5.80. The molecule has 3 nitrogen and oxygen atoms in total. The van der Waals surface area contributed by atoms with E-state index >= 15 is 0 Å². The molecule has 2 saturated heterocycles. The Labute approximate surface area is 109 Å². The fraction of sp³-hybridized carbons (Fsp3) is 0.600. The predicted molar refractivity (Wildman–Crippen MR) is 72.5 cm³/mol. The van der Waals surface area contributed by atoms with E-state index in [0.717, 1.165) is 32.7 Å². The van der Waals surface area contributed by atoms with Crippen molar-refractivity contribution in [1.29, 1.82) is 0 Å². The molecule has 2 atom stereocenters. The fourth-order valence-corrected chi connectivity index (χ4v) is 3.12. The normalized spacial score (nSPS) is 30.6. The first-order valence-corrected chi connectivity index (χ1v) is 6.96. The maximum Gasteiger partial charge on any atom is 0.0716 e. The monoisotopic (exact) mass is 246 g/mol. The Morgan fingerprint density at radius 3 is 3.06 bits per heavy atom. The van der Waals surface area contributed by atoms with E-state index in [0.29, 0.717) is 11.6 Å². The van der Waals surface area contributed by atoms with Crippen LogP contribution in [0.5, 0.6) is 0 Å². The van der Waals surface area contributed by atoms with Gasteiger partial charge in [0.2, 0.25) is 0 Å². The van der Waals surface area contributed by atoms with Gasteiger partial charge in [-0.15, -0.1) is 0 Å². The lowest BCUT2D eigenvalue weighted by Gasteiger charge is -2.35. The van der Waals surface area contributed by atoms with E-state index in [9.17, 15) is 0 Å². The molecule has 2 N–H and O–H groups in total. The van der Waals surface area contributed by atoms with Crippen LogP contribution in [-0.2, 0) is 11.3 Å². The highest BCUT2D eigenvalue weighted by Crippen LogP contribution is 2.28. The van der Waals surface area contributed by atoms with Crippen LogP contribution in [0.1, 0.15) is 24.8 Å². The van der Waals surface area contributed by atoms with E-state index in [-0.39, 0.29) is 0 Å². The Morgan fingerprint density at radius 2 is 2.17 bits per heavy atom. The molecule has 0 amide bonds. The van der Waals surface area contributed by atoms with Crippen LogP contribution in [0.25, 0.3) is 0 Å². The molecule has 3 heteroatoms. The zero-order valence-corrected chi connectivity index (χ0v) is 10.8. The van der Waals surface area contributed by atoms with Gasteiger partial charge in [-0.2, -0.15) is 0 Å². The summed E-state index contributed by atoms with van der Waals surface area (Å²) in [6.07, 6.45) is 3.72. The minimum atomic E-state index is 0.305. The van der Waals surface area contributed by atoms with Crippen molar-refractivity contribution in [2.24, 2.45) is 0 Å². The smallest absolute Gasteiger partial charge is 0.0716 e. The van der Waals surface area contributed by atoms with E-state index < -0.39 is 0 Å². The lowest BCUT2D eigenvalue weighted by atomic mass is 9.94. The molecule has 2 aliphatic heterocycles. The Kier molecular flexibility index (Phi) is 3.64. The quantitative estimate of drug-likeness (QED) is 0.776. The highest BCUT2D eigenvalue weighted by molar-refractivity contribution is 5.13. The second-order valence-corrected chi connectivity index (χ2v) is 5.58. The molecule has 2 unspecified atom stereocenters. The van der Waals surface area contributed by atoms with Gasteiger partial charge in [0.05, 0.1) is 6.61 Å². The molecule has 2 bridgehead atoms. The van der Waals surface area contributed by atoms with Gasteiger partial charge in [-0.1, -0.05) is 30.3 Å². The molecule has 0 saturated carbocycles. The van der Waals surface area contributed by atoms with Crippen molar-refractivity contribution in [2.75, 3.05) is 19.7 Å². The van der Waals surface area contributed by atoms with Crippen molar-refractivity contribution in [1.82, 2.24) is 10.6 Å². The van der Waals surface area contributed by atoms with Crippen LogP contribution >= 0.6 is 0 Å². The van der Waals surface area contributed by atoms with E-state index in [1.54, 1.807) is 0 Å². The number of rotatable bonds is 5. The number of hydrogen-bond donors (Lipinski definition) is 2. The van der Waals surface area contributed by atoms with Gasteiger partial charge in [0.25, 0.3) is 0 Å². The molecule has 2 aliphatic rings. The summed E-state index contributed by atoms with van der Waals surface area (Å²) in [5.41, 5.74) is 1.56. The standard InChI is InChI=1S/C15H22N2O/c1-2-4-13(5-3-1)11-18-9-8-15-7-6-14(17-15)10-16-12-15/h1-5,14,16-17H,6-12H2.